The maximum atomic E-state index is 12.7. The zero-order valence-electron chi connectivity index (χ0n) is 20.0. The van der Waals surface area contributed by atoms with Crippen LogP contribution in [0.3, 0.4) is 0 Å². The Morgan fingerprint density at radius 2 is 1.81 bits per heavy atom. The lowest BCUT2D eigenvalue weighted by molar-refractivity contribution is 0.331. The molecule has 0 radical (unpaired) electrons. The van der Waals surface area contributed by atoms with Crippen molar-refractivity contribution in [2.75, 3.05) is 31.2 Å². The summed E-state index contributed by atoms with van der Waals surface area (Å²) in [5.41, 5.74) is 2.41. The highest BCUT2D eigenvalue weighted by Gasteiger charge is 2.25. The van der Waals surface area contributed by atoms with E-state index in [0.29, 0.717) is 50.6 Å². The van der Waals surface area contributed by atoms with Crippen LogP contribution in [0, 0.1) is 0 Å². The molecule has 0 spiro atoms. The summed E-state index contributed by atoms with van der Waals surface area (Å²) in [4.78, 5) is 21.8. The third-order valence-electron chi connectivity index (χ3n) is 6.21. The van der Waals surface area contributed by atoms with Gasteiger partial charge in [-0.3, -0.25) is 13.9 Å². The first-order chi connectivity index (χ1) is 17.2. The lowest BCUT2D eigenvalue weighted by Gasteiger charge is -2.30. The fourth-order valence-corrected chi connectivity index (χ4v) is 5.45. The minimum atomic E-state index is -3.19. The third-order valence-corrected chi connectivity index (χ3v) is 7.96. The number of nitrogens with zero attached hydrogens (tertiary/aromatic N) is 4. The van der Waals surface area contributed by atoms with Crippen LogP contribution in [0.4, 0.5) is 5.95 Å². The quantitative estimate of drug-likeness (QED) is 0.261. The number of aromatic nitrogens is 3. The topological polar surface area (TPSA) is 147 Å². The van der Waals surface area contributed by atoms with Gasteiger partial charge in [-0.25, -0.2) is 26.6 Å². The molecule has 1 aliphatic heterocycles. The van der Waals surface area contributed by atoms with Crippen molar-refractivity contribution in [3.8, 4) is 0 Å². The van der Waals surface area contributed by atoms with Gasteiger partial charge in [-0.15, -0.1) is 0 Å². The first-order valence-corrected chi connectivity index (χ1v) is 14.6. The molecule has 3 heterocycles. The van der Waals surface area contributed by atoms with Crippen molar-refractivity contribution in [1.29, 1.82) is 0 Å². The highest BCUT2D eigenvalue weighted by molar-refractivity contribution is 7.88. The number of anilines is 1. The Bertz CT molecular complexity index is 1390. The van der Waals surface area contributed by atoms with Crippen LogP contribution in [0.2, 0.25) is 0 Å². The number of rotatable bonds is 10. The smallest absolute Gasteiger partial charge is 0.252 e. The van der Waals surface area contributed by atoms with Gasteiger partial charge >= 0.3 is 0 Å². The molecular weight excluding hydrogens is 504 g/mol. The Hall–Kier alpha value is -2.71. The SMILES string of the molecule is CS(=O)(=O)N1CCC(Nc2ncc3ccc(=O)n(Cc4ccc(CCCNS(=O)O)cc4)c3n2)CC1. The molecule has 13 heteroatoms. The molecule has 4 rings (SSSR count). The van der Waals surface area contributed by atoms with E-state index in [1.807, 2.05) is 24.3 Å². The number of hydrogen-bond donors (Lipinski definition) is 3. The summed E-state index contributed by atoms with van der Waals surface area (Å²) in [6.07, 6.45) is 5.70. The summed E-state index contributed by atoms with van der Waals surface area (Å²) in [5, 5.41) is 4.04. The van der Waals surface area contributed by atoms with Gasteiger partial charge in [-0.1, -0.05) is 24.3 Å². The second kappa shape index (κ2) is 11.6. The summed E-state index contributed by atoms with van der Waals surface area (Å²) in [6.45, 7) is 1.69. The zero-order chi connectivity index (χ0) is 25.7. The first kappa shape index (κ1) is 26.4. The number of fused-ring (bicyclic) bond motifs is 1. The van der Waals surface area contributed by atoms with Gasteiger partial charge < -0.3 is 5.32 Å². The molecule has 3 aromatic rings. The van der Waals surface area contributed by atoms with Gasteiger partial charge in [-0.05, 0) is 42.9 Å². The highest BCUT2D eigenvalue weighted by atomic mass is 32.2. The zero-order valence-corrected chi connectivity index (χ0v) is 21.6. The molecule has 0 amide bonds. The Kier molecular flexibility index (Phi) is 8.46. The average molecular weight is 535 g/mol. The van der Waals surface area contributed by atoms with Crippen LogP contribution in [0.15, 0.2) is 47.4 Å². The van der Waals surface area contributed by atoms with Crippen LogP contribution in [0.5, 0.6) is 0 Å². The van der Waals surface area contributed by atoms with Gasteiger partial charge in [0, 0.05) is 43.3 Å². The van der Waals surface area contributed by atoms with Crippen molar-refractivity contribution in [2.24, 2.45) is 0 Å². The largest absolute Gasteiger partial charge is 0.351 e. The monoisotopic (exact) mass is 534 g/mol. The Morgan fingerprint density at radius 1 is 1.11 bits per heavy atom. The summed E-state index contributed by atoms with van der Waals surface area (Å²) in [5.74, 6) is 0.410. The summed E-state index contributed by atoms with van der Waals surface area (Å²) >= 11 is -1.99. The Labute approximate surface area is 212 Å². The normalized spacial score (nSPS) is 16.3. The van der Waals surface area contributed by atoms with Crippen molar-refractivity contribution >= 4 is 38.3 Å². The van der Waals surface area contributed by atoms with Crippen LogP contribution in [-0.4, -0.2) is 68.0 Å². The molecule has 194 valence electrons. The molecule has 11 nitrogen and oxygen atoms in total. The van der Waals surface area contributed by atoms with Gasteiger partial charge in [0.05, 0.1) is 12.8 Å². The van der Waals surface area contributed by atoms with Gasteiger partial charge in [0.1, 0.15) is 5.65 Å². The molecule has 1 saturated heterocycles. The van der Waals surface area contributed by atoms with E-state index in [0.717, 1.165) is 29.4 Å². The van der Waals surface area contributed by atoms with E-state index in [2.05, 4.69) is 20.0 Å². The van der Waals surface area contributed by atoms with Crippen LogP contribution < -0.4 is 15.6 Å². The molecule has 1 aromatic carbocycles. The van der Waals surface area contributed by atoms with E-state index in [4.69, 9.17) is 4.55 Å². The number of pyridine rings is 1. The predicted octanol–water partition coefficient (Wildman–Crippen LogP) is 1.33. The lowest BCUT2D eigenvalue weighted by atomic mass is 10.1. The summed E-state index contributed by atoms with van der Waals surface area (Å²) < 4.78 is 48.5. The van der Waals surface area contributed by atoms with Gasteiger partial charge in [-0.2, -0.15) is 4.98 Å². The van der Waals surface area contributed by atoms with Crippen molar-refractivity contribution in [1.82, 2.24) is 23.6 Å². The molecule has 0 saturated carbocycles. The molecule has 0 aliphatic carbocycles. The minimum Gasteiger partial charge on any atom is -0.351 e. The van der Waals surface area contributed by atoms with Crippen LogP contribution in [-0.2, 0) is 34.3 Å². The first-order valence-electron chi connectivity index (χ1n) is 11.7. The standard InChI is InChI=1S/C23H30N6O5S2/c1-36(33,34)28-13-10-20(11-14-28)26-23-24-15-19-8-9-21(30)29(22(19)27-23)16-18-6-4-17(5-7-18)3-2-12-25-35(31)32/h4-9,15,20,25H,2-3,10-14,16H2,1H3,(H,31,32)(H,24,26,27). The second-order valence-corrected chi connectivity index (χ2v) is 11.6. The van der Waals surface area contributed by atoms with Crippen molar-refractivity contribution in [2.45, 2.75) is 38.3 Å². The van der Waals surface area contributed by atoms with E-state index in [1.165, 1.54) is 16.6 Å². The van der Waals surface area contributed by atoms with Gasteiger partial charge in [0.15, 0.2) is 0 Å². The lowest BCUT2D eigenvalue weighted by Crippen LogP contribution is -2.42. The van der Waals surface area contributed by atoms with E-state index < -0.39 is 21.3 Å². The molecule has 1 unspecified atom stereocenters. The van der Waals surface area contributed by atoms with Crippen LogP contribution in [0.25, 0.3) is 11.0 Å². The van der Waals surface area contributed by atoms with Crippen molar-refractivity contribution in [3.05, 3.63) is 64.1 Å². The molecule has 3 N–H and O–H groups in total. The third kappa shape index (κ3) is 6.95. The van der Waals surface area contributed by atoms with Crippen LogP contribution >= 0.6 is 0 Å². The molecule has 2 aromatic heterocycles. The predicted molar refractivity (Wildman–Crippen MR) is 139 cm³/mol. The van der Waals surface area contributed by atoms with Crippen molar-refractivity contribution in [3.63, 3.8) is 0 Å². The molecule has 36 heavy (non-hydrogen) atoms. The second-order valence-electron chi connectivity index (χ2n) is 8.87. The average Bonchev–Trinajstić information content (AvgIpc) is 2.84. The molecule has 1 fully saturated rings. The molecule has 1 aliphatic rings. The Morgan fingerprint density at radius 3 is 2.47 bits per heavy atom. The maximum absolute atomic E-state index is 12.7. The van der Waals surface area contributed by atoms with E-state index in [-0.39, 0.29) is 11.6 Å². The maximum Gasteiger partial charge on any atom is 0.252 e. The van der Waals surface area contributed by atoms with Crippen LogP contribution in [0.1, 0.15) is 30.4 Å². The highest BCUT2D eigenvalue weighted by Crippen LogP contribution is 2.18. The van der Waals surface area contributed by atoms with Gasteiger partial charge in [0.2, 0.25) is 27.2 Å². The van der Waals surface area contributed by atoms with E-state index >= 15 is 0 Å². The minimum absolute atomic E-state index is 0.0458. The van der Waals surface area contributed by atoms with E-state index in [1.54, 1.807) is 16.8 Å². The van der Waals surface area contributed by atoms with Gasteiger partial charge in [0.25, 0.3) is 5.56 Å². The molecule has 0 bridgehead atoms. The number of aryl methyl sites for hydroxylation is 1. The fraction of sp³-hybridized carbons (Fsp3) is 0.435. The summed E-state index contributed by atoms with van der Waals surface area (Å²) in [7, 11) is -3.19. The number of piperidine rings is 1. The van der Waals surface area contributed by atoms with E-state index in [9.17, 15) is 17.4 Å². The Balaban J connectivity index is 1.46. The number of nitrogens with one attached hydrogen (secondary N) is 2. The number of hydrogen-bond acceptors (Lipinski definition) is 7. The fourth-order valence-electron chi connectivity index (χ4n) is 4.25. The molecule has 1 atom stereocenters. The molecular formula is C23H30N6O5S2. The number of sulfonamides is 1. The number of benzene rings is 1. The van der Waals surface area contributed by atoms with Crippen molar-refractivity contribution < 1.29 is 17.2 Å². The summed E-state index contributed by atoms with van der Waals surface area (Å²) in [6, 6.07) is 11.2.